The molecule has 0 unspecified atom stereocenters. The van der Waals surface area contributed by atoms with Gasteiger partial charge in [-0.1, -0.05) is 24.3 Å². The minimum atomic E-state index is -0.411. The van der Waals surface area contributed by atoms with E-state index in [1.165, 1.54) is 5.56 Å². The van der Waals surface area contributed by atoms with Gasteiger partial charge in [0.2, 0.25) is 0 Å². The SMILES string of the molecule is CN1CCN(Cc2cccc(-c3ccc4[nH]c(=O)oc4c3)c2)CC1. The fraction of sp³-hybridized carbons (Fsp3) is 0.316. The molecule has 3 aromatic rings. The van der Waals surface area contributed by atoms with Crippen LogP contribution in [0.25, 0.3) is 22.2 Å². The van der Waals surface area contributed by atoms with E-state index in [1.54, 1.807) is 0 Å². The van der Waals surface area contributed by atoms with Crippen molar-refractivity contribution >= 4 is 11.1 Å². The van der Waals surface area contributed by atoms with Gasteiger partial charge in [-0.15, -0.1) is 0 Å². The van der Waals surface area contributed by atoms with Crippen LogP contribution in [0.1, 0.15) is 5.56 Å². The highest BCUT2D eigenvalue weighted by Gasteiger charge is 2.14. The van der Waals surface area contributed by atoms with Crippen LogP contribution in [0.5, 0.6) is 0 Å². The third-order valence-electron chi connectivity index (χ3n) is 4.68. The van der Waals surface area contributed by atoms with E-state index in [4.69, 9.17) is 4.42 Å². The topological polar surface area (TPSA) is 52.5 Å². The molecule has 0 saturated carbocycles. The number of rotatable bonds is 3. The number of H-pyrrole nitrogens is 1. The van der Waals surface area contributed by atoms with Gasteiger partial charge in [-0.25, -0.2) is 4.79 Å². The molecule has 1 saturated heterocycles. The second kappa shape index (κ2) is 6.26. The molecule has 2 aromatic carbocycles. The molecule has 0 aliphatic carbocycles. The van der Waals surface area contributed by atoms with Gasteiger partial charge >= 0.3 is 5.76 Å². The lowest BCUT2D eigenvalue weighted by molar-refractivity contribution is 0.148. The molecular weight excluding hydrogens is 302 g/mol. The van der Waals surface area contributed by atoms with Crippen molar-refractivity contribution in [3.63, 3.8) is 0 Å². The summed E-state index contributed by atoms with van der Waals surface area (Å²) in [6, 6.07) is 14.4. The van der Waals surface area contributed by atoms with Crippen molar-refractivity contribution in [3.8, 4) is 11.1 Å². The zero-order valence-electron chi connectivity index (χ0n) is 13.8. The molecule has 1 aromatic heterocycles. The third-order valence-corrected chi connectivity index (χ3v) is 4.68. The molecule has 5 heteroatoms. The second-order valence-corrected chi connectivity index (χ2v) is 6.51. The van der Waals surface area contributed by atoms with Crippen LogP contribution < -0.4 is 5.76 Å². The lowest BCUT2D eigenvalue weighted by Gasteiger charge is -2.32. The largest absolute Gasteiger partial charge is 0.417 e. The van der Waals surface area contributed by atoms with Crippen LogP contribution in [-0.4, -0.2) is 48.0 Å². The first-order chi connectivity index (χ1) is 11.7. The Labute approximate surface area is 140 Å². The number of aromatic nitrogens is 1. The highest BCUT2D eigenvalue weighted by atomic mass is 16.4. The summed E-state index contributed by atoms with van der Waals surface area (Å²) in [5, 5.41) is 0. The lowest BCUT2D eigenvalue weighted by atomic mass is 10.0. The van der Waals surface area contributed by atoms with Crippen LogP contribution >= 0.6 is 0 Å². The Hall–Kier alpha value is -2.37. The minimum Gasteiger partial charge on any atom is -0.408 e. The highest BCUT2D eigenvalue weighted by Crippen LogP contribution is 2.24. The quantitative estimate of drug-likeness (QED) is 0.805. The Morgan fingerprint density at radius 3 is 2.67 bits per heavy atom. The second-order valence-electron chi connectivity index (χ2n) is 6.51. The van der Waals surface area contributed by atoms with Crippen molar-refractivity contribution in [1.29, 1.82) is 0 Å². The molecular formula is C19H21N3O2. The Bertz CT molecular complexity index is 904. The zero-order valence-corrected chi connectivity index (χ0v) is 13.8. The van der Waals surface area contributed by atoms with Crippen LogP contribution in [0.4, 0.5) is 0 Å². The maximum atomic E-state index is 11.3. The fourth-order valence-electron chi connectivity index (χ4n) is 3.24. The molecule has 1 N–H and O–H groups in total. The number of oxazole rings is 1. The standard InChI is InChI=1S/C19H21N3O2/c1-21-7-9-22(10-8-21)13-14-3-2-4-15(11-14)16-5-6-17-18(12-16)24-19(23)20-17/h2-6,11-12H,7-10,13H2,1H3,(H,20,23). The van der Waals surface area contributed by atoms with Gasteiger partial charge in [0.1, 0.15) is 0 Å². The fourth-order valence-corrected chi connectivity index (χ4v) is 3.24. The van der Waals surface area contributed by atoms with Crippen molar-refractivity contribution in [1.82, 2.24) is 14.8 Å². The van der Waals surface area contributed by atoms with E-state index in [1.807, 2.05) is 18.2 Å². The van der Waals surface area contributed by atoms with Gasteiger partial charge in [0.15, 0.2) is 5.58 Å². The van der Waals surface area contributed by atoms with Gasteiger partial charge < -0.3 is 9.32 Å². The number of piperazine rings is 1. The van der Waals surface area contributed by atoms with Crippen LogP contribution in [-0.2, 0) is 6.54 Å². The van der Waals surface area contributed by atoms with Crippen LogP contribution in [0.3, 0.4) is 0 Å². The molecule has 5 nitrogen and oxygen atoms in total. The molecule has 1 fully saturated rings. The Balaban J connectivity index is 1.57. The van der Waals surface area contributed by atoms with Crippen molar-refractivity contribution in [2.75, 3.05) is 33.2 Å². The molecule has 0 bridgehead atoms. The van der Waals surface area contributed by atoms with Gasteiger partial charge in [-0.3, -0.25) is 9.88 Å². The lowest BCUT2D eigenvalue weighted by Crippen LogP contribution is -2.43. The Kier molecular flexibility index (Phi) is 3.96. The first kappa shape index (κ1) is 15.2. The molecule has 0 atom stereocenters. The number of likely N-dealkylation sites (N-methyl/N-ethyl adjacent to an activating group) is 1. The third kappa shape index (κ3) is 3.13. The monoisotopic (exact) mass is 323 g/mol. The normalized spacial score (nSPS) is 16.7. The Morgan fingerprint density at radius 1 is 1.04 bits per heavy atom. The van der Waals surface area contributed by atoms with Gasteiger partial charge in [0.05, 0.1) is 5.52 Å². The highest BCUT2D eigenvalue weighted by molar-refractivity contribution is 5.80. The predicted octanol–water partition coefficient (Wildman–Crippen LogP) is 2.54. The number of aromatic amines is 1. The molecule has 0 amide bonds. The van der Waals surface area contributed by atoms with Crippen LogP contribution in [0, 0.1) is 0 Å². The molecule has 4 rings (SSSR count). The van der Waals surface area contributed by atoms with Crippen molar-refractivity contribution < 1.29 is 4.42 Å². The van der Waals surface area contributed by atoms with E-state index in [9.17, 15) is 4.79 Å². The van der Waals surface area contributed by atoms with E-state index in [0.717, 1.165) is 49.4 Å². The van der Waals surface area contributed by atoms with E-state index >= 15 is 0 Å². The summed E-state index contributed by atoms with van der Waals surface area (Å²) in [4.78, 5) is 18.8. The van der Waals surface area contributed by atoms with Crippen molar-refractivity contribution in [2.24, 2.45) is 0 Å². The summed E-state index contributed by atoms with van der Waals surface area (Å²) in [5.41, 5.74) is 4.85. The van der Waals surface area contributed by atoms with Crippen molar-refractivity contribution in [3.05, 3.63) is 58.6 Å². The molecule has 24 heavy (non-hydrogen) atoms. The number of benzene rings is 2. The maximum absolute atomic E-state index is 11.3. The number of fused-ring (bicyclic) bond motifs is 1. The van der Waals surface area contributed by atoms with Crippen LogP contribution in [0.2, 0.25) is 0 Å². The molecule has 0 spiro atoms. The van der Waals surface area contributed by atoms with Gasteiger partial charge in [0, 0.05) is 32.7 Å². The van der Waals surface area contributed by atoms with Gasteiger partial charge in [0.25, 0.3) is 0 Å². The van der Waals surface area contributed by atoms with E-state index in [0.29, 0.717) is 5.58 Å². The zero-order chi connectivity index (χ0) is 16.5. The summed E-state index contributed by atoms with van der Waals surface area (Å²) in [7, 11) is 2.17. The Morgan fingerprint density at radius 2 is 1.83 bits per heavy atom. The summed E-state index contributed by atoms with van der Waals surface area (Å²) < 4.78 is 5.17. The molecule has 1 aliphatic heterocycles. The number of nitrogens with one attached hydrogen (secondary N) is 1. The van der Waals surface area contributed by atoms with E-state index in [-0.39, 0.29) is 0 Å². The molecule has 124 valence electrons. The smallest absolute Gasteiger partial charge is 0.408 e. The first-order valence-corrected chi connectivity index (χ1v) is 8.30. The summed E-state index contributed by atoms with van der Waals surface area (Å²) >= 11 is 0. The molecule has 1 aliphatic rings. The average Bonchev–Trinajstić information content (AvgIpc) is 2.96. The predicted molar refractivity (Wildman–Crippen MR) is 95.0 cm³/mol. The maximum Gasteiger partial charge on any atom is 0.417 e. The van der Waals surface area contributed by atoms with E-state index < -0.39 is 5.76 Å². The van der Waals surface area contributed by atoms with Crippen molar-refractivity contribution in [2.45, 2.75) is 6.54 Å². The van der Waals surface area contributed by atoms with E-state index in [2.05, 4.69) is 46.1 Å². The minimum absolute atomic E-state index is 0.411. The van der Waals surface area contributed by atoms with Gasteiger partial charge in [-0.2, -0.15) is 0 Å². The number of hydrogen-bond acceptors (Lipinski definition) is 4. The van der Waals surface area contributed by atoms with Gasteiger partial charge in [-0.05, 0) is 41.9 Å². The summed E-state index contributed by atoms with van der Waals surface area (Å²) in [6.45, 7) is 5.46. The van der Waals surface area contributed by atoms with Crippen LogP contribution in [0.15, 0.2) is 51.7 Å². The summed E-state index contributed by atoms with van der Waals surface area (Å²) in [6.07, 6.45) is 0. The average molecular weight is 323 g/mol. The molecule has 2 heterocycles. The number of hydrogen-bond donors (Lipinski definition) is 1. The first-order valence-electron chi connectivity index (χ1n) is 8.30. The summed E-state index contributed by atoms with van der Waals surface area (Å²) in [5.74, 6) is -0.411. The molecule has 0 radical (unpaired) electrons. The number of nitrogens with zero attached hydrogens (tertiary/aromatic N) is 2.